The first-order valence-electron chi connectivity index (χ1n) is 6.63. The van der Waals surface area contributed by atoms with Gasteiger partial charge in [-0.15, -0.1) is 0 Å². The number of aromatic nitrogens is 2. The summed E-state index contributed by atoms with van der Waals surface area (Å²) in [5.74, 6) is -0.0357. The summed E-state index contributed by atoms with van der Waals surface area (Å²) >= 11 is 0. The van der Waals surface area contributed by atoms with Gasteiger partial charge in [-0.05, 0) is 44.5 Å². The summed E-state index contributed by atoms with van der Waals surface area (Å²) in [4.78, 5) is 19.3. The van der Waals surface area contributed by atoms with Crippen LogP contribution in [0.1, 0.15) is 30.1 Å². The molecule has 0 saturated carbocycles. The first-order chi connectivity index (χ1) is 9.16. The number of imidazole rings is 1. The van der Waals surface area contributed by atoms with Crippen LogP contribution in [0, 0.1) is 0 Å². The Kier molecular flexibility index (Phi) is 2.98. The molecule has 1 aliphatic rings. The van der Waals surface area contributed by atoms with Crippen molar-refractivity contribution in [2.75, 3.05) is 13.1 Å². The van der Waals surface area contributed by atoms with Crippen molar-refractivity contribution in [1.82, 2.24) is 20.6 Å². The number of carbonyl (C=O) groups is 1. The molecular formula is C14H18N4O. The number of nitrogens with one attached hydrogen (secondary N) is 3. The normalized spacial score (nSPS) is 22.8. The average Bonchev–Trinajstić information content (AvgIpc) is 3.04. The van der Waals surface area contributed by atoms with E-state index < -0.39 is 0 Å². The van der Waals surface area contributed by atoms with E-state index in [1.54, 1.807) is 6.33 Å². The third-order valence-corrected chi connectivity index (χ3v) is 3.78. The Labute approximate surface area is 111 Å². The van der Waals surface area contributed by atoms with Crippen molar-refractivity contribution in [3.05, 3.63) is 30.1 Å². The second-order valence-electron chi connectivity index (χ2n) is 5.41. The number of H-pyrrole nitrogens is 1. The average molecular weight is 258 g/mol. The fourth-order valence-electron chi connectivity index (χ4n) is 2.56. The molecule has 1 amide bonds. The number of aromatic amines is 1. The highest BCUT2D eigenvalue weighted by molar-refractivity contribution is 5.97. The van der Waals surface area contributed by atoms with Crippen molar-refractivity contribution >= 4 is 16.9 Å². The van der Waals surface area contributed by atoms with E-state index in [1.807, 2.05) is 18.2 Å². The van der Waals surface area contributed by atoms with Crippen molar-refractivity contribution in [1.29, 1.82) is 0 Å². The molecule has 1 aromatic carbocycles. The van der Waals surface area contributed by atoms with Crippen molar-refractivity contribution in [3.8, 4) is 0 Å². The molecule has 100 valence electrons. The molecule has 3 rings (SSSR count). The monoisotopic (exact) mass is 258 g/mol. The fourth-order valence-corrected chi connectivity index (χ4v) is 2.56. The Balaban J connectivity index is 1.69. The van der Waals surface area contributed by atoms with E-state index in [9.17, 15) is 4.79 Å². The van der Waals surface area contributed by atoms with Gasteiger partial charge in [0.1, 0.15) is 0 Å². The van der Waals surface area contributed by atoms with E-state index in [0.717, 1.165) is 24.0 Å². The molecule has 1 aromatic heterocycles. The van der Waals surface area contributed by atoms with Gasteiger partial charge in [0.05, 0.1) is 17.4 Å². The maximum Gasteiger partial charge on any atom is 0.251 e. The van der Waals surface area contributed by atoms with Crippen LogP contribution in [0.4, 0.5) is 0 Å². The number of hydrogen-bond donors (Lipinski definition) is 3. The molecule has 0 radical (unpaired) electrons. The molecule has 3 N–H and O–H groups in total. The number of nitrogens with zero attached hydrogens (tertiary/aromatic N) is 1. The summed E-state index contributed by atoms with van der Waals surface area (Å²) in [6, 6.07) is 5.50. The highest BCUT2D eigenvalue weighted by atomic mass is 16.1. The Morgan fingerprint density at radius 3 is 3.21 bits per heavy atom. The maximum atomic E-state index is 12.1. The van der Waals surface area contributed by atoms with Crippen LogP contribution in [0.15, 0.2) is 24.5 Å². The lowest BCUT2D eigenvalue weighted by Crippen LogP contribution is -2.47. The number of fused-ring (bicyclic) bond motifs is 1. The Bertz CT molecular complexity index is 598. The molecule has 5 nitrogen and oxygen atoms in total. The van der Waals surface area contributed by atoms with E-state index in [-0.39, 0.29) is 11.4 Å². The second-order valence-corrected chi connectivity index (χ2v) is 5.41. The minimum atomic E-state index is -0.0357. The molecule has 2 aromatic rings. The van der Waals surface area contributed by atoms with E-state index >= 15 is 0 Å². The van der Waals surface area contributed by atoms with Crippen molar-refractivity contribution in [3.63, 3.8) is 0 Å². The molecule has 19 heavy (non-hydrogen) atoms. The Morgan fingerprint density at radius 2 is 2.42 bits per heavy atom. The smallest absolute Gasteiger partial charge is 0.251 e. The molecule has 1 saturated heterocycles. The molecule has 1 fully saturated rings. The fraction of sp³-hybridized carbons (Fsp3) is 0.429. The van der Waals surface area contributed by atoms with Gasteiger partial charge in [-0.3, -0.25) is 4.79 Å². The third-order valence-electron chi connectivity index (χ3n) is 3.78. The zero-order chi connectivity index (χ0) is 13.3. The van der Waals surface area contributed by atoms with Gasteiger partial charge >= 0.3 is 0 Å². The van der Waals surface area contributed by atoms with E-state index in [4.69, 9.17) is 0 Å². The molecule has 0 spiro atoms. The molecule has 0 bridgehead atoms. The number of benzene rings is 1. The number of carbonyl (C=O) groups excluding carboxylic acids is 1. The van der Waals surface area contributed by atoms with Crippen LogP contribution >= 0.6 is 0 Å². The van der Waals surface area contributed by atoms with Gasteiger partial charge in [-0.25, -0.2) is 4.98 Å². The van der Waals surface area contributed by atoms with Crippen LogP contribution in [-0.4, -0.2) is 34.5 Å². The zero-order valence-electron chi connectivity index (χ0n) is 11.0. The van der Waals surface area contributed by atoms with E-state index in [1.165, 1.54) is 6.42 Å². The standard InChI is InChI=1S/C14H18N4O/c1-14(5-2-6-18-14)8-15-13(19)10-3-4-11-12(7-10)17-9-16-11/h3-4,7,9,18H,2,5-6,8H2,1H3,(H,15,19)(H,16,17). The predicted octanol–water partition coefficient (Wildman–Crippen LogP) is 1.43. The van der Waals surface area contributed by atoms with Gasteiger partial charge in [0.15, 0.2) is 0 Å². The Hall–Kier alpha value is -1.88. The highest BCUT2D eigenvalue weighted by Gasteiger charge is 2.28. The van der Waals surface area contributed by atoms with Crippen molar-refractivity contribution in [2.45, 2.75) is 25.3 Å². The summed E-state index contributed by atoms with van der Waals surface area (Å²) in [5, 5.41) is 6.44. The van der Waals surface area contributed by atoms with E-state index in [2.05, 4.69) is 27.5 Å². The van der Waals surface area contributed by atoms with Crippen molar-refractivity contribution < 1.29 is 4.79 Å². The van der Waals surface area contributed by atoms with Crippen LogP contribution in [0.3, 0.4) is 0 Å². The topological polar surface area (TPSA) is 69.8 Å². The zero-order valence-corrected chi connectivity index (χ0v) is 11.0. The molecule has 0 aliphatic carbocycles. The molecule has 5 heteroatoms. The summed E-state index contributed by atoms with van der Waals surface area (Å²) in [5.41, 5.74) is 2.46. The first-order valence-corrected chi connectivity index (χ1v) is 6.63. The maximum absolute atomic E-state index is 12.1. The van der Waals surface area contributed by atoms with Gasteiger partial charge in [0.25, 0.3) is 5.91 Å². The quantitative estimate of drug-likeness (QED) is 0.780. The number of hydrogen-bond acceptors (Lipinski definition) is 3. The lowest BCUT2D eigenvalue weighted by Gasteiger charge is -2.24. The van der Waals surface area contributed by atoms with Crippen LogP contribution in [0.2, 0.25) is 0 Å². The minimum absolute atomic E-state index is 0.0355. The van der Waals surface area contributed by atoms with Crippen LogP contribution in [0.25, 0.3) is 11.0 Å². The first kappa shape index (κ1) is 12.2. The summed E-state index contributed by atoms with van der Waals surface area (Å²) < 4.78 is 0. The summed E-state index contributed by atoms with van der Waals surface area (Å²) in [6.45, 7) is 3.84. The Morgan fingerprint density at radius 1 is 1.53 bits per heavy atom. The third kappa shape index (κ3) is 2.46. The highest BCUT2D eigenvalue weighted by Crippen LogP contribution is 2.17. The molecule has 2 heterocycles. The molecular weight excluding hydrogens is 240 g/mol. The van der Waals surface area contributed by atoms with Crippen LogP contribution < -0.4 is 10.6 Å². The second kappa shape index (κ2) is 4.66. The molecule has 1 unspecified atom stereocenters. The summed E-state index contributed by atoms with van der Waals surface area (Å²) in [7, 11) is 0. The SMILES string of the molecule is CC1(CNC(=O)c2ccc3nc[nH]c3c2)CCCN1. The van der Waals surface area contributed by atoms with Gasteiger partial charge in [0, 0.05) is 17.6 Å². The predicted molar refractivity (Wildman–Crippen MR) is 74.1 cm³/mol. The van der Waals surface area contributed by atoms with Gasteiger partial charge in [-0.1, -0.05) is 0 Å². The molecule has 1 atom stereocenters. The van der Waals surface area contributed by atoms with Crippen molar-refractivity contribution in [2.24, 2.45) is 0 Å². The van der Waals surface area contributed by atoms with Gasteiger partial charge < -0.3 is 15.6 Å². The van der Waals surface area contributed by atoms with Gasteiger partial charge in [0.2, 0.25) is 0 Å². The minimum Gasteiger partial charge on any atom is -0.350 e. The lowest BCUT2D eigenvalue weighted by molar-refractivity contribution is 0.0943. The van der Waals surface area contributed by atoms with Gasteiger partial charge in [-0.2, -0.15) is 0 Å². The van der Waals surface area contributed by atoms with Crippen LogP contribution in [0.5, 0.6) is 0 Å². The molecule has 1 aliphatic heterocycles. The van der Waals surface area contributed by atoms with E-state index in [0.29, 0.717) is 12.1 Å². The lowest BCUT2D eigenvalue weighted by atomic mass is 10.0. The largest absolute Gasteiger partial charge is 0.350 e. The number of amides is 1. The number of rotatable bonds is 3. The summed E-state index contributed by atoms with van der Waals surface area (Å²) in [6.07, 6.45) is 3.91. The van der Waals surface area contributed by atoms with Crippen LogP contribution in [-0.2, 0) is 0 Å².